The Morgan fingerprint density at radius 2 is 1.68 bits per heavy atom. The molecule has 1 aliphatic rings. The van der Waals surface area contributed by atoms with Gasteiger partial charge in [-0.1, -0.05) is 43.3 Å². The number of ether oxygens (including phenoxy) is 1. The second-order valence-corrected chi connectivity index (χ2v) is 9.19. The van der Waals surface area contributed by atoms with E-state index in [1.807, 2.05) is 24.3 Å². The Labute approximate surface area is 202 Å². The molecular weight excluding hydrogens is 431 g/mol. The van der Waals surface area contributed by atoms with E-state index in [0.29, 0.717) is 12.4 Å². The van der Waals surface area contributed by atoms with Crippen LogP contribution in [-0.2, 0) is 5.41 Å². The van der Waals surface area contributed by atoms with Crippen LogP contribution in [0.4, 0.5) is 4.39 Å². The highest BCUT2D eigenvalue weighted by molar-refractivity contribution is 5.79. The summed E-state index contributed by atoms with van der Waals surface area (Å²) < 4.78 is 18.7. The molecule has 1 N–H and O–H groups in total. The van der Waals surface area contributed by atoms with Gasteiger partial charge >= 0.3 is 0 Å². The third-order valence-corrected chi connectivity index (χ3v) is 6.82. The minimum Gasteiger partial charge on any atom is -0.492 e. The fourth-order valence-corrected chi connectivity index (χ4v) is 4.59. The van der Waals surface area contributed by atoms with Gasteiger partial charge in [-0.15, -0.1) is 0 Å². The first-order valence-electron chi connectivity index (χ1n) is 12.0. The molecule has 0 aliphatic carbocycles. The number of nitrogens with zero attached hydrogens (tertiary/aromatic N) is 4. The van der Waals surface area contributed by atoms with Crippen molar-refractivity contribution in [2.24, 2.45) is 11.1 Å². The summed E-state index contributed by atoms with van der Waals surface area (Å²) in [4.78, 5) is 4.87. The van der Waals surface area contributed by atoms with E-state index >= 15 is 0 Å². The Balaban J connectivity index is 1.43. The quantitative estimate of drug-likeness (QED) is 0.299. The smallest absolute Gasteiger partial charge is 0.123 e. The predicted molar refractivity (Wildman–Crippen MR) is 132 cm³/mol. The SMILES string of the molecule is CC(C)C(C#N)(CCCN1CCN(CCOc2ccc(F)cc2)CC1)c1ccc(C=NO)cc1. The molecule has 1 heterocycles. The van der Waals surface area contributed by atoms with Crippen molar-refractivity contribution in [1.29, 1.82) is 5.26 Å². The molecule has 2 aromatic carbocycles. The van der Waals surface area contributed by atoms with Crippen molar-refractivity contribution in [3.05, 3.63) is 65.5 Å². The summed E-state index contributed by atoms with van der Waals surface area (Å²) in [7, 11) is 0. The summed E-state index contributed by atoms with van der Waals surface area (Å²) in [6.45, 7) is 10.6. The molecule has 182 valence electrons. The van der Waals surface area contributed by atoms with Crippen molar-refractivity contribution >= 4 is 6.21 Å². The van der Waals surface area contributed by atoms with Gasteiger partial charge in [0.25, 0.3) is 0 Å². The maximum absolute atomic E-state index is 13.0. The zero-order chi connectivity index (χ0) is 24.4. The van der Waals surface area contributed by atoms with Crippen LogP contribution < -0.4 is 4.74 Å². The van der Waals surface area contributed by atoms with E-state index < -0.39 is 5.41 Å². The Morgan fingerprint density at radius 1 is 1.06 bits per heavy atom. The molecule has 0 amide bonds. The summed E-state index contributed by atoms with van der Waals surface area (Å²) in [5.41, 5.74) is 1.29. The highest BCUT2D eigenvalue weighted by atomic mass is 19.1. The van der Waals surface area contributed by atoms with Gasteiger partial charge in [0.1, 0.15) is 18.2 Å². The predicted octanol–water partition coefficient (Wildman–Crippen LogP) is 4.53. The number of hydrogen-bond donors (Lipinski definition) is 1. The molecule has 1 unspecified atom stereocenters. The second kappa shape index (κ2) is 12.5. The normalized spacial score (nSPS) is 17.0. The minimum atomic E-state index is -0.533. The standard InChI is InChI=1S/C27H35FN4O2/c1-22(2)27(21-29,24-6-4-23(5-7-24)20-30-33)12-3-13-31-14-16-32(17-15-31)18-19-34-26-10-8-25(28)9-11-26/h4-11,20,22,33H,3,12-19H2,1-2H3. The Kier molecular flexibility index (Phi) is 9.43. The van der Waals surface area contributed by atoms with Crippen LogP contribution in [0.3, 0.4) is 0 Å². The lowest BCUT2D eigenvalue weighted by Gasteiger charge is -2.36. The maximum Gasteiger partial charge on any atom is 0.123 e. The Hall–Kier alpha value is -2.95. The van der Waals surface area contributed by atoms with Gasteiger partial charge in [-0.2, -0.15) is 5.26 Å². The number of oxime groups is 1. The average molecular weight is 467 g/mol. The molecule has 1 aliphatic heterocycles. The monoisotopic (exact) mass is 466 g/mol. The molecule has 0 spiro atoms. The average Bonchev–Trinajstić information content (AvgIpc) is 2.85. The molecule has 1 fully saturated rings. The minimum absolute atomic E-state index is 0.188. The Bertz CT molecular complexity index is 948. The first-order valence-corrected chi connectivity index (χ1v) is 12.0. The molecule has 7 heteroatoms. The molecule has 6 nitrogen and oxygen atoms in total. The largest absolute Gasteiger partial charge is 0.492 e. The topological polar surface area (TPSA) is 72.1 Å². The summed E-state index contributed by atoms with van der Waals surface area (Å²) in [5.74, 6) is 0.630. The van der Waals surface area contributed by atoms with E-state index in [2.05, 4.69) is 34.9 Å². The van der Waals surface area contributed by atoms with Crippen molar-refractivity contribution in [1.82, 2.24) is 9.80 Å². The molecule has 1 atom stereocenters. The number of nitriles is 1. The van der Waals surface area contributed by atoms with Crippen LogP contribution in [0.25, 0.3) is 0 Å². The number of rotatable bonds is 11. The van der Waals surface area contributed by atoms with E-state index in [4.69, 9.17) is 9.94 Å². The highest BCUT2D eigenvalue weighted by Crippen LogP contribution is 2.36. The maximum atomic E-state index is 13.0. The highest BCUT2D eigenvalue weighted by Gasteiger charge is 2.35. The van der Waals surface area contributed by atoms with E-state index in [9.17, 15) is 9.65 Å². The Morgan fingerprint density at radius 3 is 2.24 bits per heavy atom. The van der Waals surface area contributed by atoms with Crippen molar-refractivity contribution in [2.45, 2.75) is 32.1 Å². The van der Waals surface area contributed by atoms with Crippen LogP contribution in [-0.4, -0.2) is 67.1 Å². The molecule has 0 bridgehead atoms. The molecule has 0 saturated carbocycles. The van der Waals surface area contributed by atoms with Crippen LogP contribution >= 0.6 is 0 Å². The molecule has 0 aromatic heterocycles. The fraction of sp³-hybridized carbons (Fsp3) is 0.481. The van der Waals surface area contributed by atoms with E-state index in [-0.39, 0.29) is 11.7 Å². The van der Waals surface area contributed by atoms with Crippen LogP contribution in [0, 0.1) is 23.1 Å². The summed E-state index contributed by atoms with van der Waals surface area (Å²) >= 11 is 0. The number of halogens is 1. The number of piperazine rings is 1. The second-order valence-electron chi connectivity index (χ2n) is 9.19. The zero-order valence-corrected chi connectivity index (χ0v) is 20.2. The van der Waals surface area contributed by atoms with Crippen LogP contribution in [0.1, 0.15) is 37.8 Å². The van der Waals surface area contributed by atoms with E-state index in [1.54, 1.807) is 12.1 Å². The summed E-state index contributed by atoms with van der Waals surface area (Å²) in [6, 6.07) is 16.5. The van der Waals surface area contributed by atoms with Gasteiger partial charge in [0.2, 0.25) is 0 Å². The zero-order valence-electron chi connectivity index (χ0n) is 20.2. The van der Waals surface area contributed by atoms with E-state index in [0.717, 1.165) is 63.2 Å². The molecular formula is C27H35FN4O2. The first kappa shape index (κ1) is 25.7. The van der Waals surface area contributed by atoms with Gasteiger partial charge in [-0.3, -0.25) is 4.90 Å². The van der Waals surface area contributed by atoms with Crippen LogP contribution in [0.2, 0.25) is 0 Å². The molecule has 2 aromatic rings. The van der Waals surface area contributed by atoms with Crippen molar-refractivity contribution in [3.63, 3.8) is 0 Å². The van der Waals surface area contributed by atoms with Crippen molar-refractivity contribution in [3.8, 4) is 11.8 Å². The number of hydrogen-bond acceptors (Lipinski definition) is 6. The van der Waals surface area contributed by atoms with Gasteiger partial charge < -0.3 is 14.8 Å². The lowest BCUT2D eigenvalue weighted by Crippen LogP contribution is -2.47. The third kappa shape index (κ3) is 6.78. The third-order valence-electron chi connectivity index (χ3n) is 6.82. The van der Waals surface area contributed by atoms with Crippen LogP contribution in [0.5, 0.6) is 5.75 Å². The lowest BCUT2D eigenvalue weighted by atomic mass is 9.69. The van der Waals surface area contributed by atoms with Crippen molar-refractivity contribution < 1.29 is 14.3 Å². The van der Waals surface area contributed by atoms with Gasteiger partial charge in [0.15, 0.2) is 0 Å². The molecule has 1 saturated heterocycles. The van der Waals surface area contributed by atoms with Gasteiger partial charge in [-0.25, -0.2) is 4.39 Å². The van der Waals surface area contributed by atoms with Gasteiger partial charge in [0, 0.05) is 32.7 Å². The van der Waals surface area contributed by atoms with E-state index in [1.165, 1.54) is 18.3 Å². The fourth-order valence-electron chi connectivity index (χ4n) is 4.59. The van der Waals surface area contributed by atoms with Gasteiger partial charge in [0.05, 0.1) is 17.7 Å². The lowest BCUT2D eigenvalue weighted by molar-refractivity contribution is 0.114. The summed E-state index contributed by atoms with van der Waals surface area (Å²) in [5, 5.41) is 22.0. The molecule has 0 radical (unpaired) electrons. The molecule has 34 heavy (non-hydrogen) atoms. The van der Waals surface area contributed by atoms with Crippen molar-refractivity contribution in [2.75, 3.05) is 45.9 Å². The summed E-state index contributed by atoms with van der Waals surface area (Å²) in [6.07, 6.45) is 3.15. The molecule has 3 rings (SSSR count). The first-order chi connectivity index (χ1) is 16.5. The van der Waals surface area contributed by atoms with Gasteiger partial charge in [-0.05, 0) is 60.7 Å². The van der Waals surface area contributed by atoms with Crippen LogP contribution in [0.15, 0.2) is 53.7 Å². The number of benzene rings is 2.